The SMILES string of the molecule is CCNC(=NCc1cccc(OCC(=O)N(C)C)c1)N(C)Cc1cc(Cl)cn1C. The van der Waals surface area contributed by atoms with Gasteiger partial charge in [-0.2, -0.15) is 0 Å². The maximum absolute atomic E-state index is 11.7. The summed E-state index contributed by atoms with van der Waals surface area (Å²) < 4.78 is 7.60. The average Bonchev–Trinajstić information content (AvgIpc) is 3.00. The van der Waals surface area contributed by atoms with Crippen LogP contribution in [0.1, 0.15) is 18.2 Å². The van der Waals surface area contributed by atoms with Crippen molar-refractivity contribution in [1.29, 1.82) is 0 Å². The first-order valence-electron chi connectivity index (χ1n) is 9.52. The minimum Gasteiger partial charge on any atom is -0.484 e. The second-order valence-corrected chi connectivity index (χ2v) is 7.45. The third-order valence-corrected chi connectivity index (χ3v) is 4.55. The van der Waals surface area contributed by atoms with Gasteiger partial charge >= 0.3 is 0 Å². The van der Waals surface area contributed by atoms with Crippen molar-refractivity contribution in [2.75, 3.05) is 34.3 Å². The number of hydrogen-bond acceptors (Lipinski definition) is 3. The van der Waals surface area contributed by atoms with Crippen LogP contribution in [0.5, 0.6) is 5.75 Å². The molecule has 7 nitrogen and oxygen atoms in total. The fourth-order valence-corrected chi connectivity index (χ4v) is 2.96. The molecule has 0 fully saturated rings. The summed E-state index contributed by atoms with van der Waals surface area (Å²) in [6.07, 6.45) is 1.89. The first-order chi connectivity index (χ1) is 13.8. The Morgan fingerprint density at radius 3 is 2.66 bits per heavy atom. The highest BCUT2D eigenvalue weighted by molar-refractivity contribution is 6.30. The largest absolute Gasteiger partial charge is 0.484 e. The number of benzene rings is 1. The molecule has 8 heteroatoms. The molecular weight excluding hydrogens is 390 g/mol. The molecule has 29 heavy (non-hydrogen) atoms. The summed E-state index contributed by atoms with van der Waals surface area (Å²) in [5, 5.41) is 4.04. The molecule has 0 atom stereocenters. The van der Waals surface area contributed by atoms with Crippen LogP contribution in [-0.4, -0.2) is 60.5 Å². The van der Waals surface area contributed by atoms with Crippen molar-refractivity contribution in [2.45, 2.75) is 20.0 Å². The predicted molar refractivity (Wildman–Crippen MR) is 117 cm³/mol. The second-order valence-electron chi connectivity index (χ2n) is 7.01. The van der Waals surface area contributed by atoms with E-state index in [4.69, 9.17) is 21.3 Å². The molecule has 0 radical (unpaired) electrons. The Balaban J connectivity index is 2.04. The van der Waals surface area contributed by atoms with Crippen LogP contribution >= 0.6 is 11.6 Å². The lowest BCUT2D eigenvalue weighted by atomic mass is 10.2. The van der Waals surface area contributed by atoms with Crippen LogP contribution in [0.2, 0.25) is 5.02 Å². The van der Waals surface area contributed by atoms with E-state index in [1.54, 1.807) is 14.1 Å². The van der Waals surface area contributed by atoms with Gasteiger partial charge in [0.2, 0.25) is 0 Å². The van der Waals surface area contributed by atoms with E-state index in [1.165, 1.54) is 4.90 Å². The molecule has 2 aromatic rings. The molecule has 0 aliphatic carbocycles. The number of hydrogen-bond donors (Lipinski definition) is 1. The minimum absolute atomic E-state index is 0.0182. The van der Waals surface area contributed by atoms with E-state index >= 15 is 0 Å². The van der Waals surface area contributed by atoms with E-state index in [0.29, 0.717) is 18.8 Å². The fourth-order valence-electron chi connectivity index (χ4n) is 2.68. The van der Waals surface area contributed by atoms with E-state index < -0.39 is 0 Å². The molecule has 0 aliphatic rings. The van der Waals surface area contributed by atoms with Gasteiger partial charge in [-0.3, -0.25) is 4.79 Å². The van der Waals surface area contributed by atoms with Crippen molar-refractivity contribution in [3.8, 4) is 5.75 Å². The van der Waals surface area contributed by atoms with Gasteiger partial charge in [0.1, 0.15) is 5.75 Å². The standard InChI is InChI=1S/C21H30ClN5O2/c1-6-23-21(27(5)14-18-11-17(22)13-26(18)4)24-12-16-8-7-9-19(10-16)29-15-20(28)25(2)3/h7-11,13H,6,12,14-15H2,1-5H3,(H,23,24). The molecule has 2 rings (SSSR count). The van der Waals surface area contributed by atoms with Crippen molar-refractivity contribution < 1.29 is 9.53 Å². The Morgan fingerprint density at radius 1 is 1.28 bits per heavy atom. The number of halogens is 1. The monoisotopic (exact) mass is 419 g/mol. The van der Waals surface area contributed by atoms with Gasteiger partial charge in [0.15, 0.2) is 12.6 Å². The maximum atomic E-state index is 11.7. The summed E-state index contributed by atoms with van der Waals surface area (Å²) >= 11 is 6.09. The lowest BCUT2D eigenvalue weighted by Crippen LogP contribution is -2.38. The van der Waals surface area contributed by atoms with Crippen LogP contribution in [-0.2, 0) is 24.9 Å². The van der Waals surface area contributed by atoms with Crippen molar-refractivity contribution >= 4 is 23.5 Å². The number of amides is 1. The van der Waals surface area contributed by atoms with Gasteiger partial charge in [0.05, 0.1) is 18.1 Å². The molecule has 0 spiro atoms. The number of aliphatic imine (C=N–C) groups is 1. The van der Waals surface area contributed by atoms with Crippen LogP contribution < -0.4 is 10.1 Å². The molecule has 158 valence electrons. The van der Waals surface area contributed by atoms with Gasteiger partial charge in [0.25, 0.3) is 5.91 Å². The minimum atomic E-state index is -0.0785. The van der Waals surface area contributed by atoms with Crippen molar-refractivity contribution in [1.82, 2.24) is 19.7 Å². The van der Waals surface area contributed by atoms with Crippen LogP contribution in [0.15, 0.2) is 41.5 Å². The third-order valence-electron chi connectivity index (χ3n) is 4.34. The van der Waals surface area contributed by atoms with Gasteiger partial charge in [-0.15, -0.1) is 0 Å². The highest BCUT2D eigenvalue weighted by Crippen LogP contribution is 2.16. The molecule has 1 aromatic heterocycles. The quantitative estimate of drug-likeness (QED) is 0.528. The third kappa shape index (κ3) is 7.02. The van der Waals surface area contributed by atoms with Crippen LogP contribution in [0.3, 0.4) is 0 Å². The number of aromatic nitrogens is 1. The zero-order valence-corrected chi connectivity index (χ0v) is 18.5. The first kappa shape index (κ1) is 22.6. The van der Waals surface area contributed by atoms with E-state index in [-0.39, 0.29) is 12.5 Å². The molecule has 1 heterocycles. The molecule has 0 saturated carbocycles. The van der Waals surface area contributed by atoms with Crippen LogP contribution in [0, 0.1) is 0 Å². The van der Waals surface area contributed by atoms with Gasteiger partial charge in [-0.1, -0.05) is 23.7 Å². The Morgan fingerprint density at radius 2 is 2.03 bits per heavy atom. The van der Waals surface area contributed by atoms with Crippen LogP contribution in [0.25, 0.3) is 0 Å². The second kappa shape index (κ2) is 10.8. The number of rotatable bonds is 8. The topological polar surface area (TPSA) is 62.1 Å². The summed E-state index contributed by atoms with van der Waals surface area (Å²) in [6, 6.07) is 9.60. The van der Waals surface area contributed by atoms with E-state index in [0.717, 1.165) is 28.8 Å². The Bertz CT molecular complexity index is 847. The van der Waals surface area contributed by atoms with Crippen LogP contribution in [0.4, 0.5) is 0 Å². The highest BCUT2D eigenvalue weighted by atomic mass is 35.5. The number of guanidine groups is 1. The highest BCUT2D eigenvalue weighted by Gasteiger charge is 2.10. The number of carbonyl (C=O) groups excluding carboxylic acids is 1. The summed E-state index contributed by atoms with van der Waals surface area (Å²) in [4.78, 5) is 20.0. The summed E-state index contributed by atoms with van der Waals surface area (Å²) in [6.45, 7) is 4.01. The normalized spacial score (nSPS) is 11.3. The Hall–Kier alpha value is -2.67. The van der Waals surface area contributed by atoms with E-state index in [1.807, 2.05) is 62.1 Å². The molecule has 0 bridgehead atoms. The molecule has 0 aliphatic heterocycles. The van der Waals surface area contributed by atoms with Gasteiger partial charge in [-0.05, 0) is 30.7 Å². The molecule has 1 amide bonds. The number of nitrogens with zero attached hydrogens (tertiary/aromatic N) is 4. The number of aryl methyl sites for hydroxylation is 1. The zero-order chi connectivity index (χ0) is 21.4. The zero-order valence-electron chi connectivity index (χ0n) is 17.8. The smallest absolute Gasteiger partial charge is 0.259 e. The van der Waals surface area contributed by atoms with Gasteiger partial charge < -0.3 is 24.4 Å². The Labute approximate surface area is 177 Å². The van der Waals surface area contributed by atoms with Gasteiger partial charge in [-0.25, -0.2) is 4.99 Å². The molecule has 0 saturated heterocycles. The number of ether oxygens (including phenoxy) is 1. The van der Waals surface area contributed by atoms with Crippen molar-refractivity contribution in [2.24, 2.45) is 12.0 Å². The predicted octanol–water partition coefficient (Wildman–Crippen LogP) is 2.74. The summed E-state index contributed by atoms with van der Waals surface area (Å²) in [7, 11) is 7.39. The summed E-state index contributed by atoms with van der Waals surface area (Å²) in [5.41, 5.74) is 2.11. The van der Waals surface area contributed by atoms with E-state index in [2.05, 4.69) is 10.2 Å². The molecule has 1 aromatic carbocycles. The lowest BCUT2D eigenvalue weighted by molar-refractivity contribution is -0.130. The molecule has 0 unspecified atom stereocenters. The molecular formula is C21H30ClN5O2. The fraction of sp³-hybridized carbons (Fsp3) is 0.429. The van der Waals surface area contributed by atoms with E-state index in [9.17, 15) is 4.79 Å². The number of likely N-dealkylation sites (N-methyl/N-ethyl adjacent to an activating group) is 1. The number of nitrogens with one attached hydrogen (secondary N) is 1. The molecule has 1 N–H and O–H groups in total. The Kier molecular flexibility index (Phi) is 8.39. The van der Waals surface area contributed by atoms with Gasteiger partial charge in [0, 0.05) is 46.6 Å². The van der Waals surface area contributed by atoms with Crippen molar-refractivity contribution in [3.63, 3.8) is 0 Å². The van der Waals surface area contributed by atoms with Crippen molar-refractivity contribution in [3.05, 3.63) is 52.8 Å². The number of carbonyl (C=O) groups is 1. The maximum Gasteiger partial charge on any atom is 0.259 e. The summed E-state index contributed by atoms with van der Waals surface area (Å²) in [5.74, 6) is 1.38. The lowest BCUT2D eigenvalue weighted by Gasteiger charge is -2.22. The average molecular weight is 420 g/mol. The first-order valence-corrected chi connectivity index (χ1v) is 9.90.